The zero-order chi connectivity index (χ0) is 19.3. The van der Waals surface area contributed by atoms with E-state index in [9.17, 15) is 0 Å². The molecule has 7 nitrogen and oxygen atoms in total. The van der Waals surface area contributed by atoms with Gasteiger partial charge >= 0.3 is 0 Å². The van der Waals surface area contributed by atoms with Gasteiger partial charge < -0.3 is 19.9 Å². The average Bonchev–Trinajstić information content (AvgIpc) is 2.76. The summed E-state index contributed by atoms with van der Waals surface area (Å²) in [7, 11) is 1.68. The van der Waals surface area contributed by atoms with Gasteiger partial charge in [-0.3, -0.25) is 0 Å². The summed E-state index contributed by atoms with van der Waals surface area (Å²) in [6.07, 6.45) is 1.70. The van der Waals surface area contributed by atoms with E-state index in [0.29, 0.717) is 11.0 Å². The first-order chi connectivity index (χ1) is 13.7. The Balaban J connectivity index is 1.41. The molecule has 4 rings (SSSR count). The summed E-state index contributed by atoms with van der Waals surface area (Å²) in [5.41, 5.74) is 1.95. The fraction of sp³-hybridized carbons (Fsp3) is 0.250. The first-order valence-electron chi connectivity index (χ1n) is 9.08. The van der Waals surface area contributed by atoms with E-state index >= 15 is 0 Å². The molecule has 1 aliphatic rings. The molecule has 0 bridgehead atoms. The predicted molar refractivity (Wildman–Crippen MR) is 112 cm³/mol. The largest absolute Gasteiger partial charge is 0.497 e. The number of anilines is 4. The number of aromatic nitrogens is 3. The highest BCUT2D eigenvalue weighted by atomic mass is 35.5. The maximum absolute atomic E-state index is 6.19. The lowest BCUT2D eigenvalue weighted by Gasteiger charge is -2.36. The molecular weight excluding hydrogens is 376 g/mol. The van der Waals surface area contributed by atoms with Crippen molar-refractivity contribution in [2.45, 2.75) is 0 Å². The van der Waals surface area contributed by atoms with Gasteiger partial charge in [0, 0.05) is 31.9 Å². The lowest BCUT2D eigenvalue weighted by atomic mass is 10.2. The van der Waals surface area contributed by atoms with Crippen LogP contribution >= 0.6 is 11.6 Å². The number of ether oxygens (including phenoxy) is 1. The van der Waals surface area contributed by atoms with Crippen molar-refractivity contribution in [1.29, 1.82) is 0 Å². The van der Waals surface area contributed by atoms with E-state index in [-0.39, 0.29) is 0 Å². The van der Waals surface area contributed by atoms with Crippen LogP contribution in [-0.2, 0) is 0 Å². The average molecular weight is 397 g/mol. The van der Waals surface area contributed by atoms with E-state index in [4.69, 9.17) is 16.3 Å². The molecule has 0 unspecified atom stereocenters. The number of halogens is 1. The van der Waals surface area contributed by atoms with Crippen LogP contribution in [-0.4, -0.2) is 48.5 Å². The molecule has 0 radical (unpaired) electrons. The van der Waals surface area contributed by atoms with E-state index in [0.717, 1.165) is 43.4 Å². The van der Waals surface area contributed by atoms with Crippen LogP contribution in [0, 0.1) is 0 Å². The molecule has 2 aromatic carbocycles. The summed E-state index contributed by atoms with van der Waals surface area (Å²) in [4.78, 5) is 9.17. The zero-order valence-electron chi connectivity index (χ0n) is 15.5. The van der Waals surface area contributed by atoms with Gasteiger partial charge in [0.15, 0.2) is 5.82 Å². The van der Waals surface area contributed by atoms with Gasteiger partial charge in [0.1, 0.15) is 5.75 Å². The van der Waals surface area contributed by atoms with Gasteiger partial charge in [-0.1, -0.05) is 23.7 Å². The number of piperazine rings is 1. The third-order valence-corrected chi connectivity index (χ3v) is 5.04. The van der Waals surface area contributed by atoms with Gasteiger partial charge in [-0.05, 0) is 36.4 Å². The van der Waals surface area contributed by atoms with Crippen molar-refractivity contribution in [2.24, 2.45) is 0 Å². The molecule has 3 aromatic rings. The number of methoxy groups -OCH3 is 1. The molecule has 1 N–H and O–H groups in total. The molecule has 1 fully saturated rings. The Labute approximate surface area is 168 Å². The first-order valence-corrected chi connectivity index (χ1v) is 9.46. The molecule has 0 amide bonds. The lowest BCUT2D eigenvalue weighted by molar-refractivity contribution is 0.415. The molecule has 8 heteroatoms. The standard InChI is InChI=1S/C20H21ClN6O/c1-28-16-8-6-15(7-9-16)26-10-12-27(13-11-26)19-14-22-25-20(24-19)23-18-5-3-2-4-17(18)21/h2-9,14H,10-13H2,1H3,(H,23,24,25). The smallest absolute Gasteiger partial charge is 0.249 e. The van der Waals surface area contributed by atoms with Gasteiger partial charge in [-0.2, -0.15) is 10.1 Å². The van der Waals surface area contributed by atoms with E-state index in [2.05, 4.69) is 42.4 Å². The normalized spacial score (nSPS) is 14.1. The second-order valence-electron chi connectivity index (χ2n) is 6.42. The molecule has 1 saturated heterocycles. The topological polar surface area (TPSA) is 66.4 Å². The Bertz CT molecular complexity index is 928. The Morgan fingerprint density at radius 3 is 2.39 bits per heavy atom. The highest BCUT2D eigenvalue weighted by Gasteiger charge is 2.19. The van der Waals surface area contributed by atoms with Crippen molar-refractivity contribution in [3.8, 4) is 5.75 Å². The van der Waals surface area contributed by atoms with E-state index < -0.39 is 0 Å². The highest BCUT2D eigenvalue weighted by Crippen LogP contribution is 2.25. The molecule has 1 aromatic heterocycles. The number of nitrogens with zero attached hydrogens (tertiary/aromatic N) is 5. The summed E-state index contributed by atoms with van der Waals surface area (Å²) >= 11 is 6.19. The lowest BCUT2D eigenvalue weighted by Crippen LogP contribution is -2.46. The van der Waals surface area contributed by atoms with Crippen molar-refractivity contribution in [1.82, 2.24) is 15.2 Å². The van der Waals surface area contributed by atoms with Crippen LogP contribution in [0.3, 0.4) is 0 Å². The van der Waals surface area contributed by atoms with Crippen molar-refractivity contribution in [2.75, 3.05) is 48.4 Å². The number of hydrogen-bond donors (Lipinski definition) is 1. The molecule has 0 aliphatic carbocycles. The maximum atomic E-state index is 6.19. The second-order valence-corrected chi connectivity index (χ2v) is 6.82. The molecule has 0 spiro atoms. The SMILES string of the molecule is COc1ccc(N2CCN(c3cnnc(Nc4ccccc4Cl)n3)CC2)cc1. The minimum Gasteiger partial charge on any atom is -0.497 e. The van der Waals surface area contributed by atoms with E-state index in [1.165, 1.54) is 5.69 Å². The Morgan fingerprint density at radius 2 is 1.68 bits per heavy atom. The third-order valence-electron chi connectivity index (χ3n) is 4.71. The Kier molecular flexibility index (Phi) is 5.43. The van der Waals surface area contributed by atoms with Gasteiger partial charge in [0.05, 0.1) is 24.0 Å². The highest BCUT2D eigenvalue weighted by molar-refractivity contribution is 6.33. The van der Waals surface area contributed by atoms with Gasteiger partial charge in [-0.25, -0.2) is 0 Å². The zero-order valence-corrected chi connectivity index (χ0v) is 16.3. The fourth-order valence-corrected chi connectivity index (χ4v) is 3.35. The Morgan fingerprint density at radius 1 is 0.964 bits per heavy atom. The molecule has 1 aliphatic heterocycles. The predicted octanol–water partition coefficient (Wildman–Crippen LogP) is 3.60. The summed E-state index contributed by atoms with van der Waals surface area (Å²) in [5, 5.41) is 11.9. The summed E-state index contributed by atoms with van der Waals surface area (Å²) in [6, 6.07) is 15.6. The molecule has 0 saturated carbocycles. The van der Waals surface area contributed by atoms with Crippen molar-refractivity contribution in [3.63, 3.8) is 0 Å². The number of para-hydroxylation sites is 1. The minimum absolute atomic E-state index is 0.434. The first kappa shape index (κ1) is 18.3. The van der Waals surface area contributed by atoms with Crippen molar-refractivity contribution >= 4 is 34.7 Å². The number of hydrogen-bond acceptors (Lipinski definition) is 7. The van der Waals surface area contributed by atoms with Crippen LogP contribution in [0.25, 0.3) is 0 Å². The molecular formula is C20H21ClN6O. The monoisotopic (exact) mass is 396 g/mol. The van der Waals surface area contributed by atoms with Crippen LogP contribution < -0.4 is 19.9 Å². The molecule has 144 valence electrons. The minimum atomic E-state index is 0.434. The maximum Gasteiger partial charge on any atom is 0.249 e. The van der Waals surface area contributed by atoms with Crippen molar-refractivity contribution < 1.29 is 4.74 Å². The van der Waals surface area contributed by atoms with E-state index in [1.807, 2.05) is 36.4 Å². The molecule has 28 heavy (non-hydrogen) atoms. The quantitative estimate of drug-likeness (QED) is 0.706. The number of rotatable bonds is 5. The number of benzene rings is 2. The Hall–Kier alpha value is -3.06. The van der Waals surface area contributed by atoms with Crippen molar-refractivity contribution in [3.05, 3.63) is 59.8 Å². The van der Waals surface area contributed by atoms with Crippen LogP contribution in [0.4, 0.5) is 23.1 Å². The molecule has 2 heterocycles. The second kappa shape index (κ2) is 8.31. The van der Waals surface area contributed by atoms with E-state index in [1.54, 1.807) is 13.3 Å². The van der Waals surface area contributed by atoms with Crippen LogP contribution in [0.2, 0.25) is 5.02 Å². The van der Waals surface area contributed by atoms with Gasteiger partial charge in [0.2, 0.25) is 5.95 Å². The summed E-state index contributed by atoms with van der Waals surface area (Å²) < 4.78 is 5.23. The third kappa shape index (κ3) is 4.09. The van der Waals surface area contributed by atoms with Crippen LogP contribution in [0.1, 0.15) is 0 Å². The van der Waals surface area contributed by atoms with Gasteiger partial charge in [0.25, 0.3) is 0 Å². The fourth-order valence-electron chi connectivity index (χ4n) is 3.17. The van der Waals surface area contributed by atoms with Crippen LogP contribution in [0.5, 0.6) is 5.75 Å². The van der Waals surface area contributed by atoms with Crippen LogP contribution in [0.15, 0.2) is 54.7 Å². The molecule has 0 atom stereocenters. The number of nitrogens with one attached hydrogen (secondary N) is 1. The summed E-state index contributed by atoms with van der Waals surface area (Å²) in [6.45, 7) is 3.53. The van der Waals surface area contributed by atoms with Gasteiger partial charge in [-0.15, -0.1) is 5.10 Å². The summed E-state index contributed by atoms with van der Waals surface area (Å²) in [5.74, 6) is 2.11.